The maximum Gasteiger partial charge on any atom is 0.310 e. The van der Waals surface area contributed by atoms with Crippen molar-refractivity contribution in [2.45, 2.75) is 20.3 Å². The van der Waals surface area contributed by atoms with E-state index in [1.54, 1.807) is 23.6 Å². The lowest BCUT2D eigenvalue weighted by Crippen LogP contribution is -2.17. The molecule has 0 radical (unpaired) electrons. The third-order valence-electron chi connectivity index (χ3n) is 3.52. The molecule has 0 fully saturated rings. The summed E-state index contributed by atoms with van der Waals surface area (Å²) in [6, 6.07) is 3.24. The summed E-state index contributed by atoms with van der Waals surface area (Å²) in [6.45, 7) is 3.31. The molecule has 0 bridgehead atoms. The first-order valence-electron chi connectivity index (χ1n) is 7.05. The Hall–Kier alpha value is -2.32. The normalized spacial score (nSPS) is 11.0. The molecule has 3 rings (SSSR count). The number of ketones is 1. The molecule has 24 heavy (non-hydrogen) atoms. The number of hydrogen-bond acceptors (Lipinski definition) is 7. The number of halogens is 1. The third-order valence-corrected chi connectivity index (χ3v) is 4.79. The van der Waals surface area contributed by atoms with Crippen LogP contribution in [0, 0.1) is 13.8 Å². The molecule has 0 spiro atoms. The molecule has 0 saturated heterocycles. The number of carbonyl (C=O) groups excluding carboxylic acids is 2. The maximum atomic E-state index is 12.1. The molecule has 0 aliphatic carbocycles. The minimum atomic E-state index is -0.501. The van der Waals surface area contributed by atoms with Crippen molar-refractivity contribution >= 4 is 40.5 Å². The molecule has 9 heteroatoms. The van der Waals surface area contributed by atoms with Gasteiger partial charge in [-0.2, -0.15) is 10.1 Å². The van der Waals surface area contributed by atoms with Gasteiger partial charge in [-0.15, -0.1) is 11.3 Å². The van der Waals surface area contributed by atoms with Gasteiger partial charge in [0.2, 0.25) is 5.78 Å². The van der Waals surface area contributed by atoms with Crippen LogP contribution in [-0.2, 0) is 16.0 Å². The molecule has 0 unspecified atom stereocenters. The van der Waals surface area contributed by atoms with E-state index in [2.05, 4.69) is 15.1 Å². The monoisotopic (exact) mass is 364 g/mol. The van der Waals surface area contributed by atoms with Crippen molar-refractivity contribution in [3.63, 3.8) is 0 Å². The lowest BCUT2D eigenvalue weighted by atomic mass is 10.1. The Balaban J connectivity index is 1.68. The van der Waals surface area contributed by atoms with Crippen LogP contribution >= 0.6 is 22.9 Å². The molecule has 0 atom stereocenters. The van der Waals surface area contributed by atoms with Gasteiger partial charge in [0, 0.05) is 17.0 Å². The van der Waals surface area contributed by atoms with Crippen LogP contribution in [0.25, 0.3) is 5.78 Å². The summed E-state index contributed by atoms with van der Waals surface area (Å²) in [6.07, 6.45) is 1.42. The van der Waals surface area contributed by atoms with Crippen molar-refractivity contribution in [2.75, 3.05) is 6.61 Å². The molecule has 3 aromatic rings. The Morgan fingerprint density at radius 3 is 2.83 bits per heavy atom. The minimum Gasteiger partial charge on any atom is -0.457 e. The van der Waals surface area contributed by atoms with Crippen LogP contribution in [0.2, 0.25) is 4.34 Å². The highest BCUT2D eigenvalue weighted by atomic mass is 35.5. The van der Waals surface area contributed by atoms with E-state index in [1.165, 1.54) is 6.33 Å². The van der Waals surface area contributed by atoms with Gasteiger partial charge in [0.25, 0.3) is 5.78 Å². The van der Waals surface area contributed by atoms with E-state index in [0.717, 1.165) is 17.0 Å². The van der Waals surface area contributed by atoms with Crippen molar-refractivity contribution in [1.82, 2.24) is 19.6 Å². The Morgan fingerprint density at radius 1 is 1.33 bits per heavy atom. The molecule has 0 aliphatic rings. The van der Waals surface area contributed by atoms with Crippen LogP contribution in [0.4, 0.5) is 0 Å². The molecular weight excluding hydrogens is 352 g/mol. The Bertz CT molecular complexity index is 934. The lowest BCUT2D eigenvalue weighted by Gasteiger charge is -2.10. The number of aromatic nitrogens is 4. The molecule has 3 heterocycles. The van der Waals surface area contributed by atoms with Gasteiger partial charge in [0.15, 0.2) is 6.61 Å². The average Bonchev–Trinajstić information content (AvgIpc) is 3.18. The lowest BCUT2D eigenvalue weighted by molar-refractivity contribution is -0.141. The summed E-state index contributed by atoms with van der Waals surface area (Å²) < 4.78 is 7.16. The van der Waals surface area contributed by atoms with Crippen molar-refractivity contribution in [3.8, 4) is 0 Å². The van der Waals surface area contributed by atoms with E-state index in [9.17, 15) is 9.59 Å². The van der Waals surface area contributed by atoms with E-state index < -0.39 is 5.97 Å². The molecule has 0 N–H and O–H groups in total. The first-order chi connectivity index (χ1) is 11.5. The SMILES string of the molecule is Cc1nc2ncnn2c(C)c1CC(=O)OCC(=O)c1ccc(Cl)s1. The fourth-order valence-electron chi connectivity index (χ4n) is 2.29. The number of nitrogens with zero attached hydrogens (tertiary/aromatic N) is 4. The highest BCUT2D eigenvalue weighted by Gasteiger charge is 2.17. The zero-order chi connectivity index (χ0) is 17.3. The van der Waals surface area contributed by atoms with Crippen molar-refractivity contribution in [3.05, 3.63) is 44.6 Å². The number of thiophene rings is 1. The minimum absolute atomic E-state index is 0.0128. The van der Waals surface area contributed by atoms with Crippen molar-refractivity contribution < 1.29 is 14.3 Å². The van der Waals surface area contributed by atoms with E-state index >= 15 is 0 Å². The molecule has 0 saturated carbocycles. The number of ether oxygens (including phenoxy) is 1. The van der Waals surface area contributed by atoms with Gasteiger partial charge in [-0.05, 0) is 26.0 Å². The number of rotatable bonds is 5. The zero-order valence-electron chi connectivity index (χ0n) is 12.9. The van der Waals surface area contributed by atoms with Gasteiger partial charge in [0.05, 0.1) is 15.6 Å². The Kier molecular flexibility index (Phi) is 4.59. The number of fused-ring (bicyclic) bond motifs is 1. The van der Waals surface area contributed by atoms with Gasteiger partial charge in [0.1, 0.15) is 6.33 Å². The van der Waals surface area contributed by atoms with E-state index in [0.29, 0.717) is 26.2 Å². The van der Waals surface area contributed by atoms with Crippen LogP contribution in [-0.4, -0.2) is 37.9 Å². The topological polar surface area (TPSA) is 86.4 Å². The van der Waals surface area contributed by atoms with Gasteiger partial charge >= 0.3 is 5.97 Å². The standard InChI is InChI=1S/C15H13ClN4O3S/c1-8-10(9(2)20-15(19-8)17-7-18-20)5-14(22)23-6-11(21)12-3-4-13(16)24-12/h3-4,7H,5-6H2,1-2H3. The number of carbonyl (C=O) groups is 2. The van der Waals surface area contributed by atoms with Gasteiger partial charge in [-0.3, -0.25) is 9.59 Å². The van der Waals surface area contributed by atoms with Gasteiger partial charge < -0.3 is 4.74 Å². The van der Waals surface area contributed by atoms with Crippen molar-refractivity contribution in [1.29, 1.82) is 0 Å². The molecule has 0 aromatic carbocycles. The number of esters is 1. The van der Waals surface area contributed by atoms with Crippen molar-refractivity contribution in [2.24, 2.45) is 0 Å². The predicted octanol–water partition coefficient (Wildman–Crippen LogP) is 2.42. The first-order valence-corrected chi connectivity index (χ1v) is 8.25. The highest BCUT2D eigenvalue weighted by Crippen LogP contribution is 2.22. The van der Waals surface area contributed by atoms with Crippen LogP contribution < -0.4 is 0 Å². The summed E-state index contributed by atoms with van der Waals surface area (Å²) in [5.41, 5.74) is 2.16. The number of aryl methyl sites for hydroxylation is 2. The van der Waals surface area contributed by atoms with Crippen LogP contribution in [0.15, 0.2) is 18.5 Å². The summed E-state index contributed by atoms with van der Waals surface area (Å²) in [5, 5.41) is 4.07. The molecular formula is C15H13ClN4O3S. The van der Waals surface area contributed by atoms with Crippen LogP contribution in [0.5, 0.6) is 0 Å². The van der Waals surface area contributed by atoms with Crippen LogP contribution in [0.1, 0.15) is 26.6 Å². The average molecular weight is 365 g/mol. The predicted molar refractivity (Wildman–Crippen MR) is 88.6 cm³/mol. The summed E-state index contributed by atoms with van der Waals surface area (Å²) >= 11 is 6.94. The fourth-order valence-corrected chi connectivity index (χ4v) is 3.26. The first kappa shape index (κ1) is 16.5. The smallest absolute Gasteiger partial charge is 0.310 e. The summed E-state index contributed by atoms with van der Waals surface area (Å²) in [7, 11) is 0. The largest absolute Gasteiger partial charge is 0.457 e. The van der Waals surface area contributed by atoms with E-state index in [-0.39, 0.29) is 18.8 Å². The second-order valence-electron chi connectivity index (χ2n) is 5.10. The fraction of sp³-hybridized carbons (Fsp3) is 0.267. The Labute approximate surface area is 146 Å². The zero-order valence-corrected chi connectivity index (χ0v) is 14.5. The molecule has 124 valence electrons. The van der Waals surface area contributed by atoms with Gasteiger partial charge in [-0.1, -0.05) is 11.6 Å². The van der Waals surface area contributed by atoms with E-state index in [1.807, 2.05) is 6.92 Å². The number of Topliss-reactive ketones (excluding diaryl/α,β-unsaturated/α-hetero) is 1. The number of hydrogen-bond donors (Lipinski definition) is 0. The Morgan fingerprint density at radius 2 is 2.12 bits per heavy atom. The second kappa shape index (κ2) is 6.66. The van der Waals surface area contributed by atoms with E-state index in [4.69, 9.17) is 16.3 Å². The molecule has 0 aliphatic heterocycles. The quantitative estimate of drug-likeness (QED) is 0.510. The summed E-state index contributed by atoms with van der Waals surface area (Å²) in [4.78, 5) is 32.8. The molecule has 3 aromatic heterocycles. The molecule has 7 nitrogen and oxygen atoms in total. The highest BCUT2D eigenvalue weighted by molar-refractivity contribution is 7.18. The summed E-state index contributed by atoms with van der Waals surface area (Å²) in [5.74, 6) is -0.302. The molecule has 0 amide bonds. The van der Waals surface area contributed by atoms with Gasteiger partial charge in [-0.25, -0.2) is 9.50 Å². The second-order valence-corrected chi connectivity index (χ2v) is 6.81. The van der Waals surface area contributed by atoms with Crippen LogP contribution in [0.3, 0.4) is 0 Å². The maximum absolute atomic E-state index is 12.1. The third kappa shape index (κ3) is 3.29.